The van der Waals surface area contributed by atoms with Gasteiger partial charge < -0.3 is 15.1 Å². The molecule has 26 heavy (non-hydrogen) atoms. The lowest BCUT2D eigenvalue weighted by atomic mass is 10.1. The Morgan fingerprint density at radius 2 is 1.62 bits per heavy atom. The van der Waals surface area contributed by atoms with Gasteiger partial charge in [-0.1, -0.05) is 30.3 Å². The smallest absolute Gasteiger partial charge is 0.226 e. The molecule has 138 valence electrons. The molecule has 0 aliphatic rings. The SMILES string of the molecule is CC(=O)N(CCC(=O)Nc1ccc(N(C)C)cc1)C(C)c1ccccc1. The molecule has 2 rings (SSSR count). The predicted molar refractivity (Wildman–Crippen MR) is 106 cm³/mol. The highest BCUT2D eigenvalue weighted by Crippen LogP contribution is 2.20. The Balaban J connectivity index is 1.94. The fourth-order valence-corrected chi connectivity index (χ4v) is 2.82. The molecule has 1 unspecified atom stereocenters. The lowest BCUT2D eigenvalue weighted by molar-refractivity contribution is -0.131. The summed E-state index contributed by atoms with van der Waals surface area (Å²) in [5.41, 5.74) is 2.89. The highest BCUT2D eigenvalue weighted by Gasteiger charge is 2.19. The van der Waals surface area contributed by atoms with Crippen molar-refractivity contribution in [3.8, 4) is 0 Å². The zero-order valence-electron chi connectivity index (χ0n) is 15.9. The Morgan fingerprint density at radius 1 is 1.00 bits per heavy atom. The fourth-order valence-electron chi connectivity index (χ4n) is 2.82. The molecule has 0 radical (unpaired) electrons. The summed E-state index contributed by atoms with van der Waals surface area (Å²) in [5, 5.41) is 2.89. The van der Waals surface area contributed by atoms with Crippen molar-refractivity contribution in [2.45, 2.75) is 26.3 Å². The first kappa shape index (κ1) is 19.5. The number of nitrogens with one attached hydrogen (secondary N) is 1. The molecule has 1 N–H and O–H groups in total. The van der Waals surface area contributed by atoms with Crippen molar-refractivity contribution in [2.75, 3.05) is 30.9 Å². The third-order valence-electron chi connectivity index (χ3n) is 4.40. The first-order chi connectivity index (χ1) is 12.4. The number of anilines is 2. The molecule has 0 heterocycles. The lowest BCUT2D eigenvalue weighted by Crippen LogP contribution is -2.34. The summed E-state index contributed by atoms with van der Waals surface area (Å²) < 4.78 is 0. The van der Waals surface area contributed by atoms with Gasteiger partial charge in [0.2, 0.25) is 11.8 Å². The number of hydrogen-bond donors (Lipinski definition) is 1. The van der Waals surface area contributed by atoms with Gasteiger partial charge >= 0.3 is 0 Å². The Hall–Kier alpha value is -2.82. The molecule has 2 amide bonds. The summed E-state index contributed by atoms with van der Waals surface area (Å²) in [6.45, 7) is 3.90. The van der Waals surface area contributed by atoms with E-state index in [0.29, 0.717) is 6.54 Å². The number of carbonyl (C=O) groups is 2. The van der Waals surface area contributed by atoms with Gasteiger partial charge in [0, 0.05) is 45.4 Å². The van der Waals surface area contributed by atoms with Crippen LogP contribution in [-0.2, 0) is 9.59 Å². The van der Waals surface area contributed by atoms with Crippen LogP contribution in [0, 0.1) is 0 Å². The number of rotatable bonds is 7. The summed E-state index contributed by atoms with van der Waals surface area (Å²) >= 11 is 0. The average molecular weight is 353 g/mol. The molecule has 5 heteroatoms. The maximum atomic E-state index is 12.3. The number of benzene rings is 2. The van der Waals surface area contributed by atoms with Crippen molar-refractivity contribution in [1.29, 1.82) is 0 Å². The van der Waals surface area contributed by atoms with E-state index >= 15 is 0 Å². The molecule has 0 aromatic heterocycles. The van der Waals surface area contributed by atoms with E-state index in [9.17, 15) is 9.59 Å². The van der Waals surface area contributed by atoms with Crippen LogP contribution in [0.25, 0.3) is 0 Å². The van der Waals surface area contributed by atoms with Crippen LogP contribution in [0.4, 0.5) is 11.4 Å². The van der Waals surface area contributed by atoms with Crippen molar-refractivity contribution >= 4 is 23.2 Å². The van der Waals surface area contributed by atoms with Gasteiger partial charge in [-0.15, -0.1) is 0 Å². The van der Waals surface area contributed by atoms with Crippen molar-refractivity contribution in [2.24, 2.45) is 0 Å². The van der Waals surface area contributed by atoms with Crippen molar-refractivity contribution < 1.29 is 9.59 Å². The van der Waals surface area contributed by atoms with E-state index < -0.39 is 0 Å². The maximum absolute atomic E-state index is 12.3. The highest BCUT2D eigenvalue weighted by atomic mass is 16.2. The van der Waals surface area contributed by atoms with E-state index in [1.165, 1.54) is 6.92 Å². The quantitative estimate of drug-likeness (QED) is 0.826. The van der Waals surface area contributed by atoms with Crippen molar-refractivity contribution in [3.05, 3.63) is 60.2 Å². The van der Waals surface area contributed by atoms with Gasteiger partial charge in [0.15, 0.2) is 0 Å². The van der Waals surface area contributed by atoms with Crippen LogP contribution in [-0.4, -0.2) is 37.4 Å². The van der Waals surface area contributed by atoms with Gasteiger partial charge in [-0.05, 0) is 36.8 Å². The number of amides is 2. The summed E-state index contributed by atoms with van der Waals surface area (Å²) in [6.07, 6.45) is 0.256. The molecule has 0 aliphatic carbocycles. The molecule has 2 aromatic carbocycles. The van der Waals surface area contributed by atoms with Gasteiger partial charge in [-0.2, -0.15) is 0 Å². The van der Waals surface area contributed by atoms with Gasteiger partial charge in [0.05, 0.1) is 6.04 Å². The molecule has 0 saturated heterocycles. The summed E-state index contributed by atoms with van der Waals surface area (Å²) in [4.78, 5) is 28.0. The highest BCUT2D eigenvalue weighted by molar-refractivity contribution is 5.91. The first-order valence-corrected chi connectivity index (χ1v) is 8.78. The second-order valence-corrected chi connectivity index (χ2v) is 6.54. The number of carbonyl (C=O) groups excluding carboxylic acids is 2. The van der Waals surface area contributed by atoms with Gasteiger partial charge in [0.1, 0.15) is 0 Å². The van der Waals surface area contributed by atoms with E-state index in [4.69, 9.17) is 0 Å². The molecule has 0 fully saturated rings. The normalized spacial score (nSPS) is 11.5. The Morgan fingerprint density at radius 3 is 2.15 bits per heavy atom. The molecule has 2 aromatic rings. The fraction of sp³-hybridized carbons (Fsp3) is 0.333. The maximum Gasteiger partial charge on any atom is 0.226 e. The average Bonchev–Trinajstić information content (AvgIpc) is 2.62. The summed E-state index contributed by atoms with van der Waals surface area (Å²) in [6, 6.07) is 17.4. The monoisotopic (exact) mass is 353 g/mol. The van der Waals surface area contributed by atoms with Crippen LogP contribution in [0.3, 0.4) is 0 Å². The van der Waals surface area contributed by atoms with Crippen LogP contribution in [0.2, 0.25) is 0 Å². The zero-order valence-corrected chi connectivity index (χ0v) is 15.9. The van der Waals surface area contributed by atoms with Crippen LogP contribution < -0.4 is 10.2 Å². The third-order valence-corrected chi connectivity index (χ3v) is 4.40. The van der Waals surface area contributed by atoms with E-state index in [0.717, 1.165) is 16.9 Å². The van der Waals surface area contributed by atoms with Crippen molar-refractivity contribution in [1.82, 2.24) is 4.90 Å². The van der Waals surface area contributed by atoms with Crippen LogP contribution in [0.15, 0.2) is 54.6 Å². The minimum atomic E-state index is -0.103. The minimum Gasteiger partial charge on any atom is -0.378 e. The van der Waals surface area contributed by atoms with E-state index in [1.54, 1.807) is 4.90 Å². The zero-order chi connectivity index (χ0) is 19.1. The van der Waals surface area contributed by atoms with Gasteiger partial charge in [-0.3, -0.25) is 9.59 Å². The van der Waals surface area contributed by atoms with Crippen LogP contribution >= 0.6 is 0 Å². The minimum absolute atomic E-state index is 0.0375. The van der Waals surface area contributed by atoms with Crippen LogP contribution in [0.1, 0.15) is 31.9 Å². The van der Waals surface area contributed by atoms with Gasteiger partial charge in [-0.25, -0.2) is 0 Å². The van der Waals surface area contributed by atoms with Crippen LogP contribution in [0.5, 0.6) is 0 Å². The Kier molecular flexibility index (Phi) is 6.78. The van der Waals surface area contributed by atoms with Gasteiger partial charge in [0.25, 0.3) is 0 Å². The van der Waals surface area contributed by atoms with E-state index in [1.807, 2.05) is 80.5 Å². The molecule has 0 aliphatic heterocycles. The first-order valence-electron chi connectivity index (χ1n) is 8.78. The molecular formula is C21H27N3O2. The molecule has 0 saturated carbocycles. The number of nitrogens with zero attached hydrogens (tertiary/aromatic N) is 2. The Labute approximate surface area is 155 Å². The molecule has 1 atom stereocenters. The van der Waals surface area contributed by atoms with Crippen molar-refractivity contribution in [3.63, 3.8) is 0 Å². The number of hydrogen-bond acceptors (Lipinski definition) is 3. The largest absolute Gasteiger partial charge is 0.378 e. The second kappa shape index (κ2) is 9.04. The predicted octanol–water partition coefficient (Wildman–Crippen LogP) is 3.69. The summed E-state index contributed by atoms with van der Waals surface area (Å²) in [5.74, 6) is -0.140. The lowest BCUT2D eigenvalue weighted by Gasteiger charge is -2.28. The molecular weight excluding hydrogens is 326 g/mol. The standard InChI is InChI=1S/C21H27N3O2/c1-16(18-8-6-5-7-9-18)24(17(2)25)15-14-21(26)22-19-10-12-20(13-11-19)23(3)4/h5-13,16H,14-15H2,1-4H3,(H,22,26). The molecule has 5 nitrogen and oxygen atoms in total. The summed E-state index contributed by atoms with van der Waals surface area (Å²) in [7, 11) is 3.94. The Bertz CT molecular complexity index is 727. The molecule has 0 bridgehead atoms. The van der Waals surface area contributed by atoms with E-state index in [-0.39, 0.29) is 24.3 Å². The van der Waals surface area contributed by atoms with E-state index in [2.05, 4.69) is 5.32 Å². The second-order valence-electron chi connectivity index (χ2n) is 6.54. The third kappa shape index (κ3) is 5.34. The topological polar surface area (TPSA) is 52.7 Å². The molecule has 0 spiro atoms.